The Hall–Kier alpha value is 1.54. The normalized spacial score (nSPS) is 1.50. The molecule has 0 aliphatic carbocycles. The van der Waals surface area contributed by atoms with E-state index in [1.807, 2.05) is 0 Å². The molecule has 0 radical (unpaired) electrons. The summed E-state index contributed by atoms with van der Waals surface area (Å²) >= 11 is 4.14. The van der Waals surface area contributed by atoms with Crippen LogP contribution in [0, 0.1) is 0 Å². The molecule has 4 heteroatoms. The van der Waals surface area contributed by atoms with Crippen molar-refractivity contribution in [3.63, 3.8) is 0 Å². The molecule has 24 valence electrons. The Morgan fingerprint density at radius 3 is 1.50 bits per heavy atom. The number of hydrogen-bond acceptors (Lipinski definition) is 1. The number of rotatable bonds is 0. The molecule has 0 heterocycles. The van der Waals surface area contributed by atoms with E-state index in [2.05, 4.69) is 17.0 Å². The van der Waals surface area contributed by atoms with Gasteiger partial charge in [-0.15, -0.1) is 12.4 Å². The van der Waals surface area contributed by atoms with Crippen molar-refractivity contribution in [1.82, 2.24) is 0 Å². The van der Waals surface area contributed by atoms with Gasteiger partial charge in [0.15, 0.2) is 0 Å². The minimum absolute atomic E-state index is 0. The first-order valence-electron chi connectivity index (χ1n) is 0.218. The maximum absolute atomic E-state index is 4.14. The van der Waals surface area contributed by atoms with E-state index in [1.54, 1.807) is 0 Å². The monoisotopic (exact) mass is 111 g/mol. The van der Waals surface area contributed by atoms with Crippen LogP contribution < -0.4 is 34.8 Å². The second kappa shape index (κ2) is 24.0. The zero-order valence-corrected chi connectivity index (χ0v) is 5.94. The van der Waals surface area contributed by atoms with Gasteiger partial charge in [-0.05, 0) is 11.8 Å². The molecule has 0 aromatic carbocycles. The average Bonchev–Trinajstić information content (AvgIpc) is 1.00. The summed E-state index contributed by atoms with van der Waals surface area (Å²) in [7, 11) is 0. The van der Waals surface area contributed by atoms with Crippen molar-refractivity contribution in [2.45, 2.75) is 0 Å². The van der Waals surface area contributed by atoms with Gasteiger partial charge in [-0.2, -0.15) is 0 Å². The van der Waals surface area contributed by atoms with Crippen LogP contribution in [0.1, 0.15) is 1.43 Å². The molecular formula is H4Cl2NNa. The summed E-state index contributed by atoms with van der Waals surface area (Å²) in [5, 5.41) is 3.97. The second-order valence-electron chi connectivity index (χ2n) is 0. The SMILES string of the molecule is Cl.NCl.[H-].[Na+]. The van der Waals surface area contributed by atoms with E-state index in [1.165, 1.54) is 0 Å². The number of nitrogens with two attached hydrogens (primary N) is 1. The van der Waals surface area contributed by atoms with Gasteiger partial charge in [0.05, 0.1) is 0 Å². The van der Waals surface area contributed by atoms with Crippen molar-refractivity contribution in [2.24, 2.45) is 5.25 Å². The summed E-state index contributed by atoms with van der Waals surface area (Å²) in [4.78, 5) is 0. The topological polar surface area (TPSA) is 26.0 Å². The third-order valence-corrected chi connectivity index (χ3v) is 0. The maximum atomic E-state index is 4.14. The van der Waals surface area contributed by atoms with Crippen molar-refractivity contribution in [2.75, 3.05) is 0 Å². The van der Waals surface area contributed by atoms with Gasteiger partial charge < -0.3 is 1.43 Å². The summed E-state index contributed by atoms with van der Waals surface area (Å²) in [6.45, 7) is 0. The first-order valence-corrected chi connectivity index (χ1v) is 0.655. The van der Waals surface area contributed by atoms with Gasteiger partial charge in [0.2, 0.25) is 0 Å². The quantitative estimate of drug-likeness (QED) is 0.275. The summed E-state index contributed by atoms with van der Waals surface area (Å²) in [6, 6.07) is 0. The molecule has 0 bridgehead atoms. The van der Waals surface area contributed by atoms with Crippen LogP contribution in [-0.4, -0.2) is 0 Å². The van der Waals surface area contributed by atoms with Gasteiger partial charge in [-0.3, -0.25) is 0 Å². The molecule has 0 saturated heterocycles. The minimum Gasteiger partial charge on any atom is -1.00 e. The molecule has 0 fully saturated rings. The third kappa shape index (κ3) is 9.63. The van der Waals surface area contributed by atoms with Crippen molar-refractivity contribution in [3.8, 4) is 0 Å². The molecule has 0 aromatic rings. The van der Waals surface area contributed by atoms with Crippen LogP contribution in [0.5, 0.6) is 0 Å². The minimum atomic E-state index is 0. The van der Waals surface area contributed by atoms with Crippen LogP contribution in [0.4, 0.5) is 0 Å². The third-order valence-electron chi connectivity index (χ3n) is 0. The van der Waals surface area contributed by atoms with Gasteiger partial charge >= 0.3 is 29.6 Å². The Morgan fingerprint density at radius 1 is 1.50 bits per heavy atom. The Kier molecular flexibility index (Phi) is 106. The molecule has 4 heavy (non-hydrogen) atoms. The second-order valence-corrected chi connectivity index (χ2v) is 0. The van der Waals surface area contributed by atoms with Gasteiger partial charge in [0, 0.05) is 0 Å². The Labute approximate surface area is 60.2 Å². The Morgan fingerprint density at radius 2 is 1.50 bits per heavy atom. The maximum Gasteiger partial charge on any atom is 1.00 e. The standard InChI is InChI=1S/ClH2N.ClH.Na.H/c1-2;;;/h2H2;1H;;/q;;+1;-1. The zero-order chi connectivity index (χ0) is 2.00. The first-order chi connectivity index (χ1) is 1.00. The smallest absolute Gasteiger partial charge is 1.00 e. The van der Waals surface area contributed by atoms with Crippen LogP contribution in [0.3, 0.4) is 0 Å². The fourth-order valence-electron chi connectivity index (χ4n) is 0. The largest absolute Gasteiger partial charge is 1.00 e. The van der Waals surface area contributed by atoms with Crippen LogP contribution in [0.2, 0.25) is 0 Å². The Balaban J connectivity index is -0.00000000167. The fraction of sp³-hybridized carbons (Fsp3) is 0. The van der Waals surface area contributed by atoms with Gasteiger partial charge in [-0.1, -0.05) is 0 Å². The van der Waals surface area contributed by atoms with Crippen LogP contribution in [0.25, 0.3) is 0 Å². The van der Waals surface area contributed by atoms with E-state index in [9.17, 15) is 0 Å². The molecule has 0 amide bonds. The predicted molar refractivity (Wildman–Crippen MR) is 18.4 cm³/mol. The van der Waals surface area contributed by atoms with E-state index in [-0.39, 0.29) is 43.4 Å². The molecular weight excluding hydrogens is 108 g/mol. The molecule has 0 saturated carbocycles. The van der Waals surface area contributed by atoms with E-state index < -0.39 is 0 Å². The van der Waals surface area contributed by atoms with E-state index in [0.29, 0.717) is 0 Å². The van der Waals surface area contributed by atoms with E-state index in [0.717, 1.165) is 0 Å². The molecule has 0 aliphatic rings. The summed E-state index contributed by atoms with van der Waals surface area (Å²) < 4.78 is 0. The molecule has 0 spiro atoms. The van der Waals surface area contributed by atoms with Gasteiger partial charge in [0.1, 0.15) is 0 Å². The molecule has 0 aliphatic heterocycles. The molecule has 0 atom stereocenters. The number of hydrogen-bond donors (Lipinski definition) is 1. The van der Waals surface area contributed by atoms with Gasteiger partial charge in [0.25, 0.3) is 0 Å². The molecule has 2 N–H and O–H groups in total. The first kappa shape index (κ1) is 17.7. The molecule has 0 aromatic heterocycles. The summed E-state index contributed by atoms with van der Waals surface area (Å²) in [6.07, 6.45) is 0. The molecule has 1 nitrogen and oxygen atoms in total. The van der Waals surface area contributed by atoms with Crippen molar-refractivity contribution < 1.29 is 31.0 Å². The molecule has 0 rings (SSSR count). The van der Waals surface area contributed by atoms with Crippen LogP contribution >= 0.6 is 24.2 Å². The Bertz CT molecular complexity index is 9.61. The van der Waals surface area contributed by atoms with E-state index in [4.69, 9.17) is 0 Å². The van der Waals surface area contributed by atoms with E-state index >= 15 is 0 Å². The van der Waals surface area contributed by atoms with Crippen molar-refractivity contribution >= 4 is 24.2 Å². The summed E-state index contributed by atoms with van der Waals surface area (Å²) in [5.41, 5.74) is 0. The zero-order valence-electron chi connectivity index (χ0n) is 3.36. The van der Waals surface area contributed by atoms with Gasteiger partial charge in [-0.25, -0.2) is 5.25 Å². The number of halogens is 2. The van der Waals surface area contributed by atoms with Crippen LogP contribution in [-0.2, 0) is 0 Å². The summed E-state index contributed by atoms with van der Waals surface area (Å²) in [5.74, 6) is 0. The predicted octanol–water partition coefficient (Wildman–Crippen LogP) is -2.36. The molecule has 0 unspecified atom stereocenters. The van der Waals surface area contributed by atoms with Crippen molar-refractivity contribution in [3.05, 3.63) is 0 Å². The van der Waals surface area contributed by atoms with Crippen LogP contribution in [0.15, 0.2) is 0 Å². The average molecular weight is 112 g/mol. The fourth-order valence-corrected chi connectivity index (χ4v) is 0. The van der Waals surface area contributed by atoms with Crippen molar-refractivity contribution in [1.29, 1.82) is 0 Å².